The van der Waals surface area contributed by atoms with Crippen molar-refractivity contribution < 1.29 is 80.7 Å². The van der Waals surface area contributed by atoms with Crippen LogP contribution < -0.4 is 0 Å². The molecule has 0 saturated heterocycles. The van der Waals surface area contributed by atoms with Crippen LogP contribution in [0.25, 0.3) is 0 Å². The van der Waals surface area contributed by atoms with Gasteiger partial charge < -0.3 is 14.2 Å². The van der Waals surface area contributed by atoms with Gasteiger partial charge >= 0.3 is 51.2 Å². The molecule has 1 N–H and O–H groups in total. The molecule has 2 saturated carbocycles. The van der Waals surface area contributed by atoms with Gasteiger partial charge in [-0.3, -0.25) is 9.35 Å². The van der Waals surface area contributed by atoms with Gasteiger partial charge in [0.15, 0.2) is 0 Å². The first-order valence-electron chi connectivity index (χ1n) is 12.8. The summed E-state index contributed by atoms with van der Waals surface area (Å²) in [5, 5.41) is -5.68. The fourth-order valence-electron chi connectivity index (χ4n) is 5.56. The van der Waals surface area contributed by atoms with E-state index < -0.39 is 88.9 Å². The van der Waals surface area contributed by atoms with Gasteiger partial charge in [0.05, 0.1) is 18.8 Å². The number of esters is 2. The van der Waals surface area contributed by atoms with Gasteiger partial charge in [0.25, 0.3) is 0 Å². The Hall–Kier alpha value is -2.15. The van der Waals surface area contributed by atoms with Gasteiger partial charge in [0.1, 0.15) is 0 Å². The Bertz CT molecular complexity index is 1120. The van der Waals surface area contributed by atoms with Crippen LogP contribution in [0.2, 0.25) is 0 Å². The number of carbonyl (C=O) groups is 2. The van der Waals surface area contributed by atoms with Crippen LogP contribution in [0.1, 0.15) is 51.9 Å². The predicted octanol–water partition coefficient (Wildman–Crippen LogP) is 5.87. The van der Waals surface area contributed by atoms with Gasteiger partial charge in [0, 0.05) is 26.4 Å². The summed E-state index contributed by atoms with van der Waals surface area (Å²) in [5.74, 6) is -10.0. The van der Waals surface area contributed by atoms with Crippen molar-refractivity contribution in [1.82, 2.24) is 0 Å². The summed E-state index contributed by atoms with van der Waals surface area (Å²) in [7, 11) is -6.34. The van der Waals surface area contributed by atoms with Crippen molar-refractivity contribution >= 4 is 22.1 Å². The average molecular weight is 669 g/mol. The lowest BCUT2D eigenvalue weighted by molar-refractivity contribution is -0.374. The fraction of sp³-hybridized carbons (Fsp3) is 0.833. The van der Waals surface area contributed by atoms with Crippen molar-refractivity contribution in [2.24, 2.45) is 23.7 Å². The molecule has 0 aliphatic heterocycles. The minimum atomic E-state index is -6.34. The van der Waals surface area contributed by atoms with Crippen LogP contribution in [-0.2, 0) is 33.9 Å². The van der Waals surface area contributed by atoms with Crippen LogP contribution in [0.4, 0.5) is 43.9 Å². The Morgan fingerprint density at radius 2 is 1.42 bits per heavy atom. The molecule has 2 rings (SSSR count). The minimum absolute atomic E-state index is 0.0403. The molecule has 0 radical (unpaired) electrons. The lowest BCUT2D eigenvalue weighted by Gasteiger charge is -2.40. The van der Waals surface area contributed by atoms with E-state index in [4.69, 9.17) is 14.0 Å². The Kier molecular flexibility index (Phi) is 11.3. The standard InChI is InChI=1S/C24H30F10O8S/c1-13(11-40-6-4-3-5-21(25,26)24(33,34)43(37,38)39)19(36)41-12-18-9-15-7-16(18)8-17(15)10-20(22(27,28)29,23(30,31)32)42-14(2)35/h15-18H,1,3-12H2,2H3,(H,37,38,39). The second-order valence-corrected chi connectivity index (χ2v) is 12.2. The molecule has 2 fully saturated rings. The predicted molar refractivity (Wildman–Crippen MR) is 125 cm³/mol. The summed E-state index contributed by atoms with van der Waals surface area (Å²) >= 11 is 0. The van der Waals surface area contributed by atoms with E-state index in [1.165, 1.54) is 0 Å². The van der Waals surface area contributed by atoms with Crippen molar-refractivity contribution in [1.29, 1.82) is 0 Å². The number of hydrogen-bond donors (Lipinski definition) is 1. The molecule has 0 amide bonds. The summed E-state index contributed by atoms with van der Waals surface area (Å²) < 4.78 is 178. The highest BCUT2D eigenvalue weighted by atomic mass is 32.2. The number of halogens is 10. The first-order valence-corrected chi connectivity index (χ1v) is 14.3. The van der Waals surface area contributed by atoms with Gasteiger partial charge in [-0.1, -0.05) is 6.58 Å². The maximum absolute atomic E-state index is 13.6. The third kappa shape index (κ3) is 8.32. The Morgan fingerprint density at radius 1 is 0.884 bits per heavy atom. The third-order valence-electron chi connectivity index (χ3n) is 7.71. The van der Waals surface area contributed by atoms with Gasteiger partial charge in [-0.25, -0.2) is 4.79 Å². The minimum Gasteiger partial charge on any atom is -0.462 e. The van der Waals surface area contributed by atoms with E-state index in [-0.39, 0.29) is 56.3 Å². The van der Waals surface area contributed by atoms with Crippen LogP contribution in [0.3, 0.4) is 0 Å². The zero-order valence-electron chi connectivity index (χ0n) is 22.6. The third-order valence-corrected chi connectivity index (χ3v) is 8.65. The van der Waals surface area contributed by atoms with Gasteiger partial charge in [-0.15, -0.1) is 0 Å². The van der Waals surface area contributed by atoms with Gasteiger partial charge in [-0.05, 0) is 55.8 Å². The number of carbonyl (C=O) groups excluding carboxylic acids is 2. The molecule has 250 valence electrons. The number of unbranched alkanes of at least 4 members (excludes halogenated alkanes) is 1. The lowest BCUT2D eigenvalue weighted by atomic mass is 9.76. The SMILES string of the molecule is C=C(COCCCCC(F)(F)C(F)(F)S(=O)(=O)O)C(=O)OCC1CC2CC1CC2CC(OC(C)=O)(C(F)(F)F)C(F)(F)F. The molecule has 0 spiro atoms. The Morgan fingerprint density at radius 3 is 1.88 bits per heavy atom. The number of fused-ring (bicyclic) bond motifs is 2. The molecule has 2 bridgehead atoms. The quantitative estimate of drug-likeness (QED) is 0.0758. The molecule has 0 aromatic rings. The van der Waals surface area contributed by atoms with Crippen molar-refractivity contribution in [2.45, 2.75) is 81.0 Å². The average Bonchev–Trinajstić information content (AvgIpc) is 3.41. The monoisotopic (exact) mass is 668 g/mol. The molecule has 8 nitrogen and oxygen atoms in total. The molecular formula is C24H30F10O8S. The highest BCUT2D eigenvalue weighted by Gasteiger charge is 2.75. The van der Waals surface area contributed by atoms with Crippen LogP contribution in [0, 0.1) is 23.7 Å². The summed E-state index contributed by atoms with van der Waals surface area (Å²) in [6.45, 7) is 2.89. The Labute approximate surface area is 239 Å². The highest BCUT2D eigenvalue weighted by molar-refractivity contribution is 7.87. The number of rotatable bonds is 15. The second kappa shape index (κ2) is 13.1. The van der Waals surface area contributed by atoms with Crippen LogP contribution in [-0.4, -0.2) is 73.9 Å². The van der Waals surface area contributed by atoms with Crippen molar-refractivity contribution in [3.8, 4) is 0 Å². The maximum Gasteiger partial charge on any atom is 0.437 e. The van der Waals surface area contributed by atoms with E-state index in [0.29, 0.717) is 6.92 Å². The van der Waals surface area contributed by atoms with Crippen molar-refractivity contribution in [2.75, 3.05) is 19.8 Å². The second-order valence-electron chi connectivity index (χ2n) is 10.8. The molecule has 0 aromatic carbocycles. The van der Waals surface area contributed by atoms with E-state index in [1.54, 1.807) is 0 Å². The molecule has 4 atom stereocenters. The first-order chi connectivity index (χ1) is 19.4. The molecule has 19 heteroatoms. The van der Waals surface area contributed by atoms with E-state index in [0.717, 1.165) is 0 Å². The molecule has 2 aliphatic carbocycles. The Balaban J connectivity index is 1.78. The molecule has 0 aromatic heterocycles. The fourth-order valence-corrected chi connectivity index (χ4v) is 6.04. The van der Waals surface area contributed by atoms with E-state index >= 15 is 0 Å². The van der Waals surface area contributed by atoms with Crippen molar-refractivity contribution in [3.63, 3.8) is 0 Å². The normalized spacial score (nSPS) is 23.3. The largest absolute Gasteiger partial charge is 0.462 e. The number of ether oxygens (including phenoxy) is 3. The molecule has 2 aliphatic rings. The van der Waals surface area contributed by atoms with Crippen LogP contribution >= 0.6 is 0 Å². The summed E-state index contributed by atoms with van der Waals surface area (Å²) in [6, 6.07) is 0. The summed E-state index contributed by atoms with van der Waals surface area (Å²) in [4.78, 5) is 23.4. The molecule has 43 heavy (non-hydrogen) atoms. The zero-order chi connectivity index (χ0) is 33.2. The smallest absolute Gasteiger partial charge is 0.437 e. The van der Waals surface area contributed by atoms with E-state index in [9.17, 15) is 61.9 Å². The van der Waals surface area contributed by atoms with Crippen LogP contribution in [0.5, 0.6) is 0 Å². The zero-order valence-corrected chi connectivity index (χ0v) is 23.4. The van der Waals surface area contributed by atoms with E-state index in [1.807, 2.05) is 0 Å². The molecule has 0 heterocycles. The molecular weight excluding hydrogens is 638 g/mol. The number of alkyl halides is 10. The summed E-state index contributed by atoms with van der Waals surface area (Å²) in [6.07, 6.45) is -15.4. The topological polar surface area (TPSA) is 116 Å². The first kappa shape index (κ1) is 37.0. The van der Waals surface area contributed by atoms with Crippen LogP contribution in [0.15, 0.2) is 12.2 Å². The highest BCUT2D eigenvalue weighted by Crippen LogP contribution is 2.58. The van der Waals surface area contributed by atoms with Crippen molar-refractivity contribution in [3.05, 3.63) is 12.2 Å². The number of hydrogen-bond acceptors (Lipinski definition) is 7. The maximum atomic E-state index is 13.6. The molecule has 4 unspecified atom stereocenters. The summed E-state index contributed by atoms with van der Waals surface area (Å²) in [5.41, 5.74) is -4.88. The van der Waals surface area contributed by atoms with Gasteiger partial charge in [-0.2, -0.15) is 52.3 Å². The lowest BCUT2D eigenvalue weighted by Crippen LogP contribution is -2.60. The van der Waals surface area contributed by atoms with E-state index in [2.05, 4.69) is 11.3 Å². The van der Waals surface area contributed by atoms with Gasteiger partial charge in [0.2, 0.25) is 0 Å².